The van der Waals surface area contributed by atoms with Gasteiger partial charge in [-0.1, -0.05) is 0 Å². The number of anilines is 1. The van der Waals surface area contributed by atoms with Gasteiger partial charge in [-0.25, -0.2) is 0 Å². The molecule has 2 rings (SSSR count). The van der Waals surface area contributed by atoms with Gasteiger partial charge in [-0.2, -0.15) is 4.73 Å². The number of aromatic nitrogens is 1. The highest BCUT2D eigenvalue weighted by Crippen LogP contribution is 2.21. The molecule has 0 bridgehead atoms. The molecule has 0 fully saturated rings. The maximum absolute atomic E-state index is 12.1. The molecule has 1 N–H and O–H groups in total. The minimum atomic E-state index is -0.380. The standard InChI is InChI=1S/C15H16N2O3S/c1-11(21-14-5-3-4-10-17(14)19)15(18)16-12-6-8-13(20-2)9-7-12/h3-11H,1-2H3,(H,16,18). The zero-order valence-electron chi connectivity index (χ0n) is 11.8. The molecule has 2 aromatic rings. The minimum Gasteiger partial charge on any atom is -0.618 e. The van der Waals surface area contributed by atoms with Gasteiger partial charge in [-0.15, -0.1) is 0 Å². The number of pyridine rings is 1. The van der Waals surface area contributed by atoms with Crippen LogP contribution >= 0.6 is 11.8 Å². The first-order valence-corrected chi connectivity index (χ1v) is 7.28. The molecule has 1 amide bonds. The van der Waals surface area contributed by atoms with Gasteiger partial charge in [0.1, 0.15) is 5.75 Å². The van der Waals surface area contributed by atoms with E-state index in [1.165, 1.54) is 18.0 Å². The molecular formula is C15H16N2O3S. The fourth-order valence-electron chi connectivity index (χ4n) is 1.66. The van der Waals surface area contributed by atoms with Crippen LogP contribution in [0.2, 0.25) is 0 Å². The number of nitrogens with one attached hydrogen (secondary N) is 1. The lowest BCUT2D eigenvalue weighted by molar-refractivity contribution is -0.645. The number of carbonyl (C=O) groups excluding carboxylic acids is 1. The Morgan fingerprint density at radius 3 is 2.62 bits per heavy atom. The molecule has 1 unspecified atom stereocenters. The topological polar surface area (TPSA) is 65.3 Å². The van der Waals surface area contributed by atoms with Crippen LogP contribution in [0.3, 0.4) is 0 Å². The lowest BCUT2D eigenvalue weighted by atomic mass is 10.3. The van der Waals surface area contributed by atoms with Crippen molar-refractivity contribution in [3.8, 4) is 5.75 Å². The second kappa shape index (κ2) is 6.99. The predicted molar refractivity (Wildman–Crippen MR) is 82.3 cm³/mol. The molecule has 5 nitrogen and oxygen atoms in total. The normalized spacial score (nSPS) is 11.7. The molecule has 6 heteroatoms. The molecule has 110 valence electrons. The average Bonchev–Trinajstić information content (AvgIpc) is 2.50. The number of rotatable bonds is 5. The number of carbonyl (C=O) groups is 1. The summed E-state index contributed by atoms with van der Waals surface area (Å²) in [7, 11) is 1.59. The molecule has 0 aliphatic rings. The van der Waals surface area contributed by atoms with Crippen LogP contribution in [-0.4, -0.2) is 18.3 Å². The SMILES string of the molecule is COc1ccc(NC(=O)C(C)Sc2cccc[n+]2[O-])cc1. The molecule has 1 atom stereocenters. The van der Waals surface area contributed by atoms with E-state index in [9.17, 15) is 10.0 Å². The van der Waals surface area contributed by atoms with Gasteiger partial charge in [0.2, 0.25) is 5.91 Å². The molecule has 0 saturated carbocycles. The van der Waals surface area contributed by atoms with Crippen LogP contribution in [-0.2, 0) is 4.79 Å². The molecule has 0 saturated heterocycles. The Balaban J connectivity index is 1.97. The number of hydrogen-bond acceptors (Lipinski definition) is 4. The summed E-state index contributed by atoms with van der Waals surface area (Å²) < 4.78 is 5.81. The first-order chi connectivity index (χ1) is 10.1. The van der Waals surface area contributed by atoms with E-state index in [1.807, 2.05) is 0 Å². The number of methoxy groups -OCH3 is 1. The van der Waals surface area contributed by atoms with E-state index in [4.69, 9.17) is 4.74 Å². The average molecular weight is 304 g/mol. The van der Waals surface area contributed by atoms with Crippen molar-refractivity contribution in [2.75, 3.05) is 12.4 Å². The van der Waals surface area contributed by atoms with Gasteiger partial charge < -0.3 is 15.3 Å². The van der Waals surface area contributed by atoms with Crippen LogP contribution in [0.4, 0.5) is 5.69 Å². The molecular weight excluding hydrogens is 288 g/mol. The summed E-state index contributed by atoms with van der Waals surface area (Å²) in [6, 6.07) is 12.2. The highest BCUT2D eigenvalue weighted by Gasteiger charge is 2.18. The van der Waals surface area contributed by atoms with Crippen LogP contribution in [0.5, 0.6) is 5.75 Å². The van der Waals surface area contributed by atoms with Gasteiger partial charge in [-0.3, -0.25) is 4.79 Å². The van der Waals surface area contributed by atoms with Crippen LogP contribution < -0.4 is 14.8 Å². The second-order valence-corrected chi connectivity index (χ2v) is 5.70. The molecule has 1 aromatic heterocycles. The molecule has 21 heavy (non-hydrogen) atoms. The van der Waals surface area contributed by atoms with Crippen molar-refractivity contribution in [2.45, 2.75) is 17.2 Å². The molecule has 0 aliphatic heterocycles. The van der Waals surface area contributed by atoms with Crippen molar-refractivity contribution < 1.29 is 14.3 Å². The van der Waals surface area contributed by atoms with Crippen molar-refractivity contribution in [2.24, 2.45) is 0 Å². The summed E-state index contributed by atoms with van der Waals surface area (Å²) in [4.78, 5) is 12.1. The van der Waals surface area contributed by atoms with Crippen molar-refractivity contribution in [3.05, 3.63) is 53.9 Å². The van der Waals surface area contributed by atoms with Crippen molar-refractivity contribution in [1.29, 1.82) is 0 Å². The van der Waals surface area contributed by atoms with Crippen LogP contribution in [0, 0.1) is 5.21 Å². The maximum atomic E-state index is 12.1. The number of amides is 1. The monoisotopic (exact) mass is 304 g/mol. The van der Waals surface area contributed by atoms with E-state index in [0.717, 1.165) is 10.5 Å². The summed E-state index contributed by atoms with van der Waals surface area (Å²) in [5.41, 5.74) is 0.691. The predicted octanol–water partition coefficient (Wildman–Crippen LogP) is 2.45. The van der Waals surface area contributed by atoms with E-state index in [1.54, 1.807) is 56.5 Å². The maximum Gasteiger partial charge on any atom is 0.252 e. The van der Waals surface area contributed by atoms with E-state index in [2.05, 4.69) is 5.32 Å². The highest BCUT2D eigenvalue weighted by atomic mass is 32.2. The third-order valence-electron chi connectivity index (χ3n) is 2.81. The zero-order valence-corrected chi connectivity index (χ0v) is 12.6. The number of ether oxygens (including phenoxy) is 1. The van der Waals surface area contributed by atoms with E-state index in [0.29, 0.717) is 10.7 Å². The Morgan fingerprint density at radius 2 is 2.00 bits per heavy atom. The third kappa shape index (κ3) is 4.13. The summed E-state index contributed by atoms with van der Waals surface area (Å²) in [5, 5.41) is 14.5. The summed E-state index contributed by atoms with van der Waals surface area (Å²) in [6.07, 6.45) is 1.41. The van der Waals surface area contributed by atoms with Crippen LogP contribution in [0.1, 0.15) is 6.92 Å². The second-order valence-electron chi connectivity index (χ2n) is 4.34. The van der Waals surface area contributed by atoms with Crippen molar-refractivity contribution >= 4 is 23.4 Å². The quantitative estimate of drug-likeness (QED) is 0.523. The van der Waals surface area contributed by atoms with Gasteiger partial charge in [0, 0.05) is 17.8 Å². The molecule has 1 heterocycles. The summed E-state index contributed by atoms with van der Waals surface area (Å²) in [5.74, 6) is 0.570. The summed E-state index contributed by atoms with van der Waals surface area (Å²) >= 11 is 1.22. The fourth-order valence-corrected chi connectivity index (χ4v) is 2.51. The number of nitrogens with zero attached hydrogens (tertiary/aromatic N) is 1. The minimum absolute atomic E-state index is 0.158. The molecule has 0 aliphatic carbocycles. The Labute approximate surface area is 127 Å². The van der Waals surface area contributed by atoms with Crippen molar-refractivity contribution in [3.63, 3.8) is 0 Å². The van der Waals surface area contributed by atoms with Crippen LogP contribution in [0.15, 0.2) is 53.7 Å². The van der Waals surface area contributed by atoms with E-state index in [-0.39, 0.29) is 11.2 Å². The van der Waals surface area contributed by atoms with E-state index < -0.39 is 0 Å². The Morgan fingerprint density at radius 1 is 1.29 bits per heavy atom. The van der Waals surface area contributed by atoms with Gasteiger partial charge in [0.25, 0.3) is 5.03 Å². The largest absolute Gasteiger partial charge is 0.618 e. The number of thioether (sulfide) groups is 1. The third-order valence-corrected chi connectivity index (χ3v) is 3.94. The van der Waals surface area contributed by atoms with Gasteiger partial charge in [0.15, 0.2) is 6.20 Å². The molecule has 1 aromatic carbocycles. The van der Waals surface area contributed by atoms with Crippen LogP contribution in [0.25, 0.3) is 0 Å². The van der Waals surface area contributed by atoms with Crippen molar-refractivity contribution in [1.82, 2.24) is 0 Å². The molecule has 0 spiro atoms. The fraction of sp³-hybridized carbons (Fsp3) is 0.200. The Hall–Kier alpha value is -2.21. The highest BCUT2D eigenvalue weighted by molar-refractivity contribution is 8.00. The molecule has 0 radical (unpaired) electrons. The number of benzene rings is 1. The number of hydrogen-bond donors (Lipinski definition) is 1. The lowest BCUT2D eigenvalue weighted by Gasteiger charge is -2.11. The van der Waals surface area contributed by atoms with E-state index >= 15 is 0 Å². The van der Waals surface area contributed by atoms with Gasteiger partial charge in [-0.05, 0) is 49.0 Å². The first-order valence-electron chi connectivity index (χ1n) is 6.40. The Bertz CT molecular complexity index is 617. The first kappa shape index (κ1) is 15.2. The Kier molecular flexibility index (Phi) is 5.05. The smallest absolute Gasteiger partial charge is 0.252 e. The zero-order chi connectivity index (χ0) is 15.2. The van der Waals surface area contributed by atoms with Gasteiger partial charge >= 0.3 is 0 Å². The van der Waals surface area contributed by atoms with Gasteiger partial charge in [0.05, 0.1) is 12.4 Å². The lowest BCUT2D eigenvalue weighted by Crippen LogP contribution is -2.30. The summed E-state index contributed by atoms with van der Waals surface area (Å²) in [6.45, 7) is 1.76.